The molecular weight excluding hydrogens is 262 g/mol. The molecule has 108 valence electrons. The van der Waals surface area contributed by atoms with Crippen molar-refractivity contribution >= 4 is 11.6 Å². The van der Waals surface area contributed by atoms with Crippen molar-refractivity contribution in [2.45, 2.75) is 45.3 Å². The summed E-state index contributed by atoms with van der Waals surface area (Å²) in [6.45, 7) is 8.86. The van der Waals surface area contributed by atoms with Crippen LogP contribution in [0.4, 0.5) is 0 Å². The fourth-order valence-corrected chi connectivity index (χ4v) is 2.01. The SMILES string of the molecule is COc1cc(C(C)(O)CCNC(C)(C)C)ccc1Cl. The standard InChI is InChI=1S/C15H24ClNO2/c1-14(2,3)17-9-8-15(4,18)11-6-7-12(16)13(10-11)19-5/h6-7,10,17-18H,8-9H2,1-5H3. The van der Waals surface area contributed by atoms with Crippen molar-refractivity contribution in [2.24, 2.45) is 0 Å². The van der Waals surface area contributed by atoms with Crippen LogP contribution in [-0.2, 0) is 5.60 Å². The summed E-state index contributed by atoms with van der Waals surface area (Å²) >= 11 is 5.99. The lowest BCUT2D eigenvalue weighted by Gasteiger charge is -2.27. The van der Waals surface area contributed by atoms with E-state index < -0.39 is 5.60 Å². The second-order valence-electron chi connectivity index (χ2n) is 6.05. The Bertz CT molecular complexity index is 425. The van der Waals surface area contributed by atoms with Crippen LogP contribution in [0.1, 0.15) is 39.7 Å². The third-order valence-electron chi connectivity index (χ3n) is 3.04. The molecule has 1 aromatic carbocycles. The highest BCUT2D eigenvalue weighted by Crippen LogP contribution is 2.31. The fraction of sp³-hybridized carbons (Fsp3) is 0.600. The van der Waals surface area contributed by atoms with E-state index in [1.807, 2.05) is 6.07 Å². The molecule has 0 radical (unpaired) electrons. The van der Waals surface area contributed by atoms with Gasteiger partial charge in [0.2, 0.25) is 0 Å². The third kappa shape index (κ3) is 5.01. The lowest BCUT2D eigenvalue weighted by Crippen LogP contribution is -2.39. The number of benzene rings is 1. The Morgan fingerprint density at radius 2 is 1.89 bits per heavy atom. The number of nitrogens with one attached hydrogen (secondary N) is 1. The first-order valence-electron chi connectivity index (χ1n) is 6.47. The maximum Gasteiger partial charge on any atom is 0.137 e. The topological polar surface area (TPSA) is 41.5 Å². The van der Waals surface area contributed by atoms with Crippen molar-refractivity contribution in [1.82, 2.24) is 5.32 Å². The number of rotatable bonds is 5. The average Bonchev–Trinajstić information content (AvgIpc) is 2.27. The van der Waals surface area contributed by atoms with E-state index >= 15 is 0 Å². The Morgan fingerprint density at radius 3 is 2.42 bits per heavy atom. The molecule has 3 nitrogen and oxygen atoms in total. The predicted octanol–water partition coefficient (Wildman–Crippen LogP) is 3.33. The van der Waals surface area contributed by atoms with Crippen molar-refractivity contribution in [3.05, 3.63) is 28.8 Å². The Hall–Kier alpha value is -0.770. The minimum absolute atomic E-state index is 0.0494. The maximum atomic E-state index is 10.6. The zero-order valence-electron chi connectivity index (χ0n) is 12.4. The molecule has 1 aromatic rings. The summed E-state index contributed by atoms with van der Waals surface area (Å²) in [5, 5.41) is 14.5. The van der Waals surface area contributed by atoms with Crippen LogP contribution < -0.4 is 10.1 Å². The molecule has 1 rings (SSSR count). The molecule has 0 aliphatic rings. The van der Waals surface area contributed by atoms with E-state index in [2.05, 4.69) is 26.1 Å². The summed E-state index contributed by atoms with van der Waals surface area (Å²) in [6.07, 6.45) is 0.620. The fourth-order valence-electron chi connectivity index (χ4n) is 1.82. The molecule has 0 spiro atoms. The van der Waals surface area contributed by atoms with Crippen molar-refractivity contribution in [1.29, 1.82) is 0 Å². The van der Waals surface area contributed by atoms with E-state index in [1.165, 1.54) is 0 Å². The molecule has 0 heterocycles. The van der Waals surface area contributed by atoms with Crippen LogP contribution >= 0.6 is 11.6 Å². The molecule has 0 aromatic heterocycles. The van der Waals surface area contributed by atoms with Crippen LogP contribution in [-0.4, -0.2) is 24.3 Å². The molecule has 0 aliphatic carbocycles. The monoisotopic (exact) mass is 285 g/mol. The van der Waals surface area contributed by atoms with E-state index in [1.54, 1.807) is 26.2 Å². The second-order valence-corrected chi connectivity index (χ2v) is 6.46. The highest BCUT2D eigenvalue weighted by Gasteiger charge is 2.24. The highest BCUT2D eigenvalue weighted by molar-refractivity contribution is 6.32. The number of halogens is 1. The molecular formula is C15H24ClNO2. The van der Waals surface area contributed by atoms with Gasteiger partial charge in [-0.1, -0.05) is 17.7 Å². The van der Waals surface area contributed by atoms with Gasteiger partial charge in [0.15, 0.2) is 0 Å². The molecule has 19 heavy (non-hydrogen) atoms. The number of hydrogen-bond acceptors (Lipinski definition) is 3. The summed E-state index contributed by atoms with van der Waals surface area (Å²) in [5.74, 6) is 0.586. The summed E-state index contributed by atoms with van der Waals surface area (Å²) < 4.78 is 5.18. The van der Waals surface area contributed by atoms with Crippen LogP contribution in [0.5, 0.6) is 5.75 Å². The first kappa shape index (κ1) is 16.3. The Kier molecular flexibility index (Phi) is 5.25. The Balaban J connectivity index is 2.76. The molecule has 1 unspecified atom stereocenters. The van der Waals surface area contributed by atoms with E-state index in [9.17, 15) is 5.11 Å². The lowest BCUT2D eigenvalue weighted by atomic mass is 9.92. The molecule has 0 amide bonds. The van der Waals surface area contributed by atoms with E-state index in [0.717, 1.165) is 12.1 Å². The van der Waals surface area contributed by atoms with E-state index in [-0.39, 0.29) is 5.54 Å². The van der Waals surface area contributed by atoms with Gasteiger partial charge in [0.05, 0.1) is 17.7 Å². The van der Waals surface area contributed by atoms with Gasteiger partial charge in [-0.2, -0.15) is 0 Å². The Labute approximate surface area is 120 Å². The highest BCUT2D eigenvalue weighted by atomic mass is 35.5. The summed E-state index contributed by atoms with van der Waals surface area (Å²) in [7, 11) is 1.57. The third-order valence-corrected chi connectivity index (χ3v) is 3.35. The maximum absolute atomic E-state index is 10.6. The molecule has 0 saturated carbocycles. The minimum Gasteiger partial charge on any atom is -0.495 e. The van der Waals surface area contributed by atoms with Gasteiger partial charge in [-0.25, -0.2) is 0 Å². The number of hydrogen-bond donors (Lipinski definition) is 2. The zero-order chi connectivity index (χ0) is 14.7. The van der Waals surface area contributed by atoms with Gasteiger partial charge >= 0.3 is 0 Å². The van der Waals surface area contributed by atoms with Gasteiger partial charge in [0.25, 0.3) is 0 Å². The molecule has 0 bridgehead atoms. The van der Waals surface area contributed by atoms with Gasteiger partial charge in [-0.15, -0.1) is 0 Å². The molecule has 0 fully saturated rings. The van der Waals surface area contributed by atoms with Crippen molar-refractivity contribution < 1.29 is 9.84 Å². The van der Waals surface area contributed by atoms with Gasteiger partial charge in [-0.3, -0.25) is 0 Å². The average molecular weight is 286 g/mol. The van der Waals surface area contributed by atoms with Crippen LogP contribution in [0.2, 0.25) is 5.02 Å². The quantitative estimate of drug-likeness (QED) is 0.872. The van der Waals surface area contributed by atoms with Gasteiger partial charge in [0.1, 0.15) is 5.75 Å². The van der Waals surface area contributed by atoms with Crippen molar-refractivity contribution in [3.63, 3.8) is 0 Å². The number of aliphatic hydroxyl groups is 1. The first-order valence-corrected chi connectivity index (χ1v) is 6.85. The predicted molar refractivity (Wildman–Crippen MR) is 79.9 cm³/mol. The summed E-state index contributed by atoms with van der Waals surface area (Å²) in [6, 6.07) is 5.38. The summed E-state index contributed by atoms with van der Waals surface area (Å²) in [5.41, 5.74) is -0.0476. The first-order chi connectivity index (χ1) is 8.65. The van der Waals surface area contributed by atoms with E-state index in [4.69, 9.17) is 16.3 Å². The van der Waals surface area contributed by atoms with Crippen molar-refractivity contribution in [3.8, 4) is 5.75 Å². The normalized spacial score (nSPS) is 15.1. The molecule has 2 N–H and O–H groups in total. The molecule has 4 heteroatoms. The van der Waals surface area contributed by atoms with Gasteiger partial charge in [0, 0.05) is 5.54 Å². The number of ether oxygens (including phenoxy) is 1. The molecule has 0 saturated heterocycles. The van der Waals surface area contributed by atoms with Gasteiger partial charge < -0.3 is 15.2 Å². The smallest absolute Gasteiger partial charge is 0.137 e. The van der Waals surface area contributed by atoms with Crippen LogP contribution in [0.15, 0.2) is 18.2 Å². The van der Waals surface area contributed by atoms with E-state index in [0.29, 0.717) is 17.2 Å². The van der Waals surface area contributed by atoms with Crippen LogP contribution in [0.3, 0.4) is 0 Å². The summed E-state index contributed by atoms with van der Waals surface area (Å²) in [4.78, 5) is 0. The molecule has 1 atom stereocenters. The minimum atomic E-state index is -0.907. The van der Waals surface area contributed by atoms with Crippen molar-refractivity contribution in [2.75, 3.05) is 13.7 Å². The van der Waals surface area contributed by atoms with Gasteiger partial charge in [-0.05, 0) is 58.4 Å². The lowest BCUT2D eigenvalue weighted by molar-refractivity contribution is 0.0462. The Morgan fingerprint density at radius 1 is 1.26 bits per heavy atom. The molecule has 0 aliphatic heterocycles. The second kappa shape index (κ2) is 6.12. The largest absolute Gasteiger partial charge is 0.495 e. The van der Waals surface area contributed by atoms with Crippen LogP contribution in [0.25, 0.3) is 0 Å². The zero-order valence-corrected chi connectivity index (χ0v) is 13.1. The number of methoxy groups -OCH3 is 1. The van der Waals surface area contributed by atoms with Crippen LogP contribution in [0, 0.1) is 0 Å².